The van der Waals surface area contributed by atoms with Crippen LogP contribution in [0.2, 0.25) is 5.02 Å². The number of rotatable bonds is 5. The van der Waals surface area contributed by atoms with Gasteiger partial charge in [0.15, 0.2) is 5.69 Å². The van der Waals surface area contributed by atoms with E-state index in [1.807, 2.05) is 36.5 Å². The highest BCUT2D eigenvalue weighted by molar-refractivity contribution is 6.34. The molecule has 0 radical (unpaired) electrons. The van der Waals surface area contributed by atoms with Crippen LogP contribution in [-0.4, -0.2) is 38.7 Å². The number of nitrogens with zero attached hydrogens (tertiary/aromatic N) is 5. The number of carbonyl (C=O) groups excluding carboxylic acids is 1. The zero-order valence-electron chi connectivity index (χ0n) is 14.7. The van der Waals surface area contributed by atoms with Crippen LogP contribution in [0.3, 0.4) is 0 Å². The molecule has 2 aromatic heterocycles. The number of carbonyl (C=O) groups is 1. The molecular weight excluding hydrogens is 364 g/mol. The van der Waals surface area contributed by atoms with Crippen LogP contribution < -0.4 is 10.2 Å². The summed E-state index contributed by atoms with van der Waals surface area (Å²) in [5.41, 5.74) is 1.83. The standard InChI is InChI=1S/C19H19ClN6O/c20-15-12-21-19(25-9-3-4-10-25)24-17(15)18(27)23-16-7-2-1-6-14(16)13-26-11-5-8-22-26/h1-2,5-8,11-12H,3-4,9-10,13H2,(H,23,27). The molecule has 8 heteroatoms. The Morgan fingerprint density at radius 1 is 1.19 bits per heavy atom. The fraction of sp³-hybridized carbons (Fsp3) is 0.263. The van der Waals surface area contributed by atoms with Crippen LogP contribution in [0.25, 0.3) is 0 Å². The van der Waals surface area contributed by atoms with E-state index in [-0.39, 0.29) is 16.6 Å². The molecule has 0 unspecified atom stereocenters. The summed E-state index contributed by atoms with van der Waals surface area (Å²) >= 11 is 6.20. The van der Waals surface area contributed by atoms with Crippen LogP contribution in [0.5, 0.6) is 0 Å². The van der Waals surface area contributed by atoms with Gasteiger partial charge in [0.05, 0.1) is 17.8 Å². The van der Waals surface area contributed by atoms with E-state index < -0.39 is 0 Å². The number of anilines is 2. The van der Waals surface area contributed by atoms with Crippen molar-refractivity contribution < 1.29 is 4.79 Å². The molecule has 1 aliphatic rings. The van der Waals surface area contributed by atoms with Gasteiger partial charge in [0.25, 0.3) is 5.91 Å². The average molecular weight is 383 g/mol. The highest BCUT2D eigenvalue weighted by Crippen LogP contribution is 2.22. The minimum atomic E-state index is -0.351. The zero-order valence-corrected chi connectivity index (χ0v) is 15.4. The van der Waals surface area contributed by atoms with Gasteiger partial charge < -0.3 is 10.2 Å². The molecule has 1 N–H and O–H groups in total. The molecule has 0 spiro atoms. The van der Waals surface area contributed by atoms with Crippen molar-refractivity contribution in [1.82, 2.24) is 19.7 Å². The maximum atomic E-state index is 12.8. The second-order valence-corrected chi connectivity index (χ2v) is 6.78. The Labute approximate surface area is 162 Å². The topological polar surface area (TPSA) is 75.9 Å². The summed E-state index contributed by atoms with van der Waals surface area (Å²) < 4.78 is 1.80. The predicted octanol–water partition coefficient (Wildman–Crippen LogP) is 3.23. The smallest absolute Gasteiger partial charge is 0.276 e. The van der Waals surface area contributed by atoms with E-state index in [0.29, 0.717) is 18.2 Å². The zero-order chi connectivity index (χ0) is 18.6. The Morgan fingerprint density at radius 2 is 2.00 bits per heavy atom. The summed E-state index contributed by atoms with van der Waals surface area (Å²) in [6, 6.07) is 9.47. The van der Waals surface area contributed by atoms with Crippen molar-refractivity contribution >= 4 is 29.1 Å². The molecule has 3 aromatic rings. The van der Waals surface area contributed by atoms with Crippen molar-refractivity contribution in [2.75, 3.05) is 23.3 Å². The Morgan fingerprint density at radius 3 is 2.78 bits per heavy atom. The van der Waals surface area contributed by atoms with Crippen LogP contribution in [0.4, 0.5) is 11.6 Å². The normalized spacial score (nSPS) is 13.7. The van der Waals surface area contributed by atoms with Gasteiger partial charge in [-0.25, -0.2) is 9.97 Å². The van der Waals surface area contributed by atoms with Gasteiger partial charge in [-0.1, -0.05) is 29.8 Å². The number of hydrogen-bond acceptors (Lipinski definition) is 5. The quantitative estimate of drug-likeness (QED) is 0.733. The number of amides is 1. The van der Waals surface area contributed by atoms with Crippen LogP contribution >= 0.6 is 11.6 Å². The van der Waals surface area contributed by atoms with Crippen molar-refractivity contribution in [3.63, 3.8) is 0 Å². The first kappa shape index (κ1) is 17.5. The van der Waals surface area contributed by atoms with Crippen molar-refractivity contribution in [1.29, 1.82) is 0 Å². The summed E-state index contributed by atoms with van der Waals surface area (Å²) in [5, 5.41) is 7.38. The Bertz CT molecular complexity index is 937. The maximum Gasteiger partial charge on any atom is 0.276 e. The van der Waals surface area contributed by atoms with Gasteiger partial charge in [-0.05, 0) is 30.5 Å². The van der Waals surface area contributed by atoms with E-state index >= 15 is 0 Å². The highest BCUT2D eigenvalue weighted by atomic mass is 35.5. The minimum Gasteiger partial charge on any atom is -0.341 e. The van der Waals surface area contributed by atoms with Gasteiger partial charge in [0.2, 0.25) is 5.95 Å². The summed E-state index contributed by atoms with van der Waals surface area (Å²) in [4.78, 5) is 23.6. The number of halogens is 1. The first-order valence-corrected chi connectivity index (χ1v) is 9.23. The van der Waals surface area contributed by atoms with Gasteiger partial charge in [-0.15, -0.1) is 0 Å². The number of para-hydroxylation sites is 1. The van der Waals surface area contributed by atoms with Crippen LogP contribution in [-0.2, 0) is 6.54 Å². The van der Waals surface area contributed by atoms with Crippen LogP contribution in [0.15, 0.2) is 48.9 Å². The molecule has 1 saturated heterocycles. The second kappa shape index (κ2) is 7.75. The summed E-state index contributed by atoms with van der Waals surface area (Å²) in [5.74, 6) is 0.197. The molecule has 3 heterocycles. The molecule has 1 fully saturated rings. The number of hydrogen-bond donors (Lipinski definition) is 1. The molecule has 4 rings (SSSR count). The van der Waals surface area contributed by atoms with Crippen LogP contribution in [0.1, 0.15) is 28.9 Å². The number of nitrogens with one attached hydrogen (secondary N) is 1. The van der Waals surface area contributed by atoms with Gasteiger partial charge in [-0.3, -0.25) is 9.48 Å². The van der Waals surface area contributed by atoms with Crippen molar-refractivity contribution in [3.05, 3.63) is 65.2 Å². The molecule has 1 aliphatic heterocycles. The Hall–Kier alpha value is -2.93. The Balaban J connectivity index is 1.57. The average Bonchev–Trinajstić information content (AvgIpc) is 3.37. The predicted molar refractivity (Wildman–Crippen MR) is 104 cm³/mol. The van der Waals surface area contributed by atoms with Gasteiger partial charge in [0.1, 0.15) is 0 Å². The van der Waals surface area contributed by atoms with E-state index in [2.05, 4.69) is 25.3 Å². The van der Waals surface area contributed by atoms with Crippen molar-refractivity contribution in [2.24, 2.45) is 0 Å². The maximum absolute atomic E-state index is 12.8. The van der Waals surface area contributed by atoms with Crippen LogP contribution in [0, 0.1) is 0 Å². The number of benzene rings is 1. The lowest BCUT2D eigenvalue weighted by molar-refractivity contribution is 0.102. The van der Waals surface area contributed by atoms with E-state index in [1.165, 1.54) is 6.20 Å². The van der Waals surface area contributed by atoms with Gasteiger partial charge in [-0.2, -0.15) is 5.10 Å². The third-order valence-electron chi connectivity index (χ3n) is 4.49. The Kier molecular flexibility index (Phi) is 5.02. The molecule has 0 saturated carbocycles. The molecule has 0 bridgehead atoms. The third kappa shape index (κ3) is 3.93. The molecule has 27 heavy (non-hydrogen) atoms. The molecule has 0 atom stereocenters. The van der Waals surface area contributed by atoms with Crippen molar-refractivity contribution in [2.45, 2.75) is 19.4 Å². The van der Waals surface area contributed by atoms with Crippen molar-refractivity contribution in [3.8, 4) is 0 Å². The fourth-order valence-electron chi connectivity index (χ4n) is 3.12. The lowest BCUT2D eigenvalue weighted by Crippen LogP contribution is -2.23. The van der Waals surface area contributed by atoms with Gasteiger partial charge >= 0.3 is 0 Å². The SMILES string of the molecule is O=C(Nc1ccccc1Cn1cccn1)c1nc(N2CCCC2)ncc1Cl. The number of aromatic nitrogens is 4. The van der Waals surface area contributed by atoms with E-state index in [9.17, 15) is 4.79 Å². The van der Waals surface area contributed by atoms with E-state index in [0.717, 1.165) is 31.5 Å². The molecule has 1 amide bonds. The lowest BCUT2D eigenvalue weighted by atomic mass is 10.1. The monoisotopic (exact) mass is 382 g/mol. The molecule has 7 nitrogen and oxygen atoms in total. The minimum absolute atomic E-state index is 0.183. The second-order valence-electron chi connectivity index (χ2n) is 6.38. The molecule has 1 aromatic carbocycles. The first-order valence-electron chi connectivity index (χ1n) is 8.85. The first-order chi connectivity index (χ1) is 13.2. The third-order valence-corrected chi connectivity index (χ3v) is 4.77. The largest absolute Gasteiger partial charge is 0.341 e. The summed E-state index contributed by atoms with van der Waals surface area (Å²) in [6.45, 7) is 2.35. The fourth-order valence-corrected chi connectivity index (χ4v) is 3.29. The molecule has 0 aliphatic carbocycles. The lowest BCUT2D eigenvalue weighted by Gasteiger charge is -2.16. The molecule has 138 valence electrons. The van der Waals surface area contributed by atoms with E-state index in [4.69, 9.17) is 11.6 Å². The summed E-state index contributed by atoms with van der Waals surface area (Å²) in [6.07, 6.45) is 7.30. The van der Waals surface area contributed by atoms with Gasteiger partial charge in [0, 0.05) is 31.2 Å². The highest BCUT2D eigenvalue weighted by Gasteiger charge is 2.20. The summed E-state index contributed by atoms with van der Waals surface area (Å²) in [7, 11) is 0. The van der Waals surface area contributed by atoms with E-state index in [1.54, 1.807) is 10.9 Å². The molecular formula is C19H19ClN6O.